The lowest BCUT2D eigenvalue weighted by Crippen LogP contribution is -2.70. The quantitative estimate of drug-likeness (QED) is 0.473. The summed E-state index contributed by atoms with van der Waals surface area (Å²) in [5.41, 5.74) is -1.60. The second kappa shape index (κ2) is 6.89. The number of likely N-dealkylation sites (N-methyl/N-ethyl adjacent to an activating group) is 1. The van der Waals surface area contributed by atoms with Crippen molar-refractivity contribution in [2.45, 2.75) is 11.8 Å². The van der Waals surface area contributed by atoms with Gasteiger partial charge in [0, 0.05) is 7.05 Å². The Balaban J connectivity index is 2.18. The third kappa shape index (κ3) is 2.77. The molecule has 0 spiro atoms. The van der Waals surface area contributed by atoms with Crippen LogP contribution in [0.2, 0.25) is 0 Å². The van der Waals surface area contributed by atoms with Gasteiger partial charge in [0.2, 0.25) is 5.78 Å². The second-order valence-electron chi connectivity index (χ2n) is 5.93. The number of methoxy groups -OCH3 is 1. The van der Waals surface area contributed by atoms with Crippen LogP contribution in [-0.4, -0.2) is 46.8 Å². The van der Waals surface area contributed by atoms with Crippen LogP contribution in [0.1, 0.15) is 22.2 Å². The van der Waals surface area contributed by atoms with E-state index in [4.69, 9.17) is 21.4 Å². The van der Waals surface area contributed by atoms with E-state index in [-0.39, 0.29) is 10.9 Å². The average molecular weight is 374 g/mol. The first kappa shape index (κ1) is 18.1. The summed E-state index contributed by atoms with van der Waals surface area (Å²) in [6.07, 6.45) is 1.35. The summed E-state index contributed by atoms with van der Waals surface area (Å²) in [5, 5.41) is 14.5. The standard InChI is InChI=1S/C18H18N2O5S/c1-20-17(26)19-14(11-7-4-3-5-8-11)13(18(20,23)16(22)24-2)15(21)12-9-6-10-25-12/h3-10,13-14,23H,1-2H3,(H,19,26)/t13-,14-,18-/m1/s1. The van der Waals surface area contributed by atoms with E-state index in [2.05, 4.69) is 5.32 Å². The predicted octanol–water partition coefficient (Wildman–Crippen LogP) is 1.50. The minimum atomic E-state index is -2.29. The van der Waals surface area contributed by atoms with Crippen molar-refractivity contribution >= 4 is 29.1 Å². The molecule has 2 aromatic rings. The van der Waals surface area contributed by atoms with Crippen molar-refractivity contribution in [3.05, 3.63) is 60.1 Å². The number of nitrogens with one attached hydrogen (secondary N) is 1. The van der Waals surface area contributed by atoms with Gasteiger partial charge in [-0.2, -0.15) is 0 Å². The van der Waals surface area contributed by atoms with E-state index in [1.54, 1.807) is 30.3 Å². The summed E-state index contributed by atoms with van der Waals surface area (Å²) in [7, 11) is 2.57. The number of carbonyl (C=O) groups excluding carboxylic acids is 2. The number of nitrogens with zero attached hydrogens (tertiary/aromatic N) is 1. The fourth-order valence-electron chi connectivity index (χ4n) is 3.17. The SMILES string of the molecule is COC(=O)[C@]1(O)[C@@H](C(=O)c2ccco2)[C@@H](c2ccccc2)NC(=S)N1C. The molecule has 3 atom stereocenters. The Morgan fingerprint density at radius 2 is 1.96 bits per heavy atom. The first-order valence-electron chi connectivity index (χ1n) is 7.89. The van der Waals surface area contributed by atoms with Crippen LogP contribution in [0.3, 0.4) is 0 Å². The molecule has 0 aliphatic carbocycles. The number of hydrogen-bond donors (Lipinski definition) is 2. The first-order valence-corrected chi connectivity index (χ1v) is 8.29. The molecule has 1 aliphatic rings. The maximum atomic E-state index is 13.2. The summed E-state index contributed by atoms with van der Waals surface area (Å²) in [6, 6.07) is 11.3. The zero-order valence-corrected chi connectivity index (χ0v) is 15.0. The molecule has 0 unspecified atom stereocenters. The van der Waals surface area contributed by atoms with Crippen molar-refractivity contribution in [2.75, 3.05) is 14.2 Å². The zero-order valence-electron chi connectivity index (χ0n) is 14.2. The lowest BCUT2D eigenvalue weighted by Gasteiger charge is -2.48. The van der Waals surface area contributed by atoms with Crippen LogP contribution >= 0.6 is 12.2 Å². The minimum absolute atomic E-state index is 0.0290. The van der Waals surface area contributed by atoms with Crippen molar-refractivity contribution < 1.29 is 23.8 Å². The molecule has 26 heavy (non-hydrogen) atoms. The highest BCUT2D eigenvalue weighted by molar-refractivity contribution is 7.80. The van der Waals surface area contributed by atoms with Gasteiger partial charge >= 0.3 is 5.97 Å². The lowest BCUT2D eigenvalue weighted by atomic mass is 9.78. The Kier molecular flexibility index (Phi) is 4.80. The predicted molar refractivity (Wildman–Crippen MR) is 96.2 cm³/mol. The summed E-state index contributed by atoms with van der Waals surface area (Å²) >= 11 is 5.27. The number of furan rings is 1. The molecule has 7 nitrogen and oxygen atoms in total. The molecule has 1 aromatic heterocycles. The Morgan fingerprint density at radius 3 is 2.54 bits per heavy atom. The molecule has 136 valence electrons. The normalized spacial score (nSPS) is 25.5. The second-order valence-corrected chi connectivity index (χ2v) is 6.32. The van der Waals surface area contributed by atoms with E-state index in [1.807, 2.05) is 6.07 Å². The van der Waals surface area contributed by atoms with E-state index in [1.165, 1.54) is 19.4 Å². The minimum Gasteiger partial charge on any atom is -0.465 e. The monoisotopic (exact) mass is 374 g/mol. The van der Waals surface area contributed by atoms with Gasteiger partial charge in [-0.05, 0) is 29.9 Å². The number of aliphatic hydroxyl groups is 1. The maximum absolute atomic E-state index is 13.2. The van der Waals surface area contributed by atoms with Crippen molar-refractivity contribution in [3.63, 3.8) is 0 Å². The molecule has 0 bridgehead atoms. The molecule has 0 saturated carbocycles. The van der Waals surface area contributed by atoms with Gasteiger partial charge in [0.15, 0.2) is 10.9 Å². The van der Waals surface area contributed by atoms with Gasteiger partial charge in [0.25, 0.3) is 5.72 Å². The molecule has 1 aliphatic heterocycles. The van der Waals surface area contributed by atoms with Gasteiger partial charge < -0.3 is 24.5 Å². The Hall–Kier alpha value is -2.71. The van der Waals surface area contributed by atoms with Crippen LogP contribution in [0.25, 0.3) is 0 Å². The highest BCUT2D eigenvalue weighted by Gasteiger charge is 2.60. The van der Waals surface area contributed by atoms with E-state index < -0.39 is 29.4 Å². The van der Waals surface area contributed by atoms with Gasteiger partial charge in [-0.1, -0.05) is 30.3 Å². The van der Waals surface area contributed by atoms with Gasteiger partial charge in [0.1, 0.15) is 5.92 Å². The molecule has 0 amide bonds. The van der Waals surface area contributed by atoms with Crippen molar-refractivity contribution in [3.8, 4) is 0 Å². The number of ether oxygens (including phenoxy) is 1. The number of thiocarbonyl (C=S) groups is 1. The smallest absolute Gasteiger partial charge is 0.360 e. The van der Waals surface area contributed by atoms with E-state index >= 15 is 0 Å². The van der Waals surface area contributed by atoms with Crippen LogP contribution in [0.5, 0.6) is 0 Å². The average Bonchev–Trinajstić information content (AvgIpc) is 3.20. The van der Waals surface area contributed by atoms with Crippen LogP contribution in [0, 0.1) is 5.92 Å². The fourth-order valence-corrected chi connectivity index (χ4v) is 3.43. The third-order valence-corrected chi connectivity index (χ3v) is 4.94. The number of ketones is 1. The van der Waals surface area contributed by atoms with Gasteiger partial charge in [-0.15, -0.1) is 0 Å². The topological polar surface area (TPSA) is 92.0 Å². The Labute approximate surface area is 155 Å². The maximum Gasteiger partial charge on any atom is 0.360 e. The summed E-state index contributed by atoms with van der Waals surface area (Å²) in [4.78, 5) is 26.8. The number of rotatable bonds is 4. The number of esters is 1. The van der Waals surface area contributed by atoms with Crippen LogP contribution in [0.15, 0.2) is 53.1 Å². The summed E-state index contributed by atoms with van der Waals surface area (Å²) in [6.45, 7) is 0. The van der Waals surface area contributed by atoms with E-state index in [9.17, 15) is 14.7 Å². The molecule has 1 aromatic carbocycles. The molecule has 2 N–H and O–H groups in total. The van der Waals surface area contributed by atoms with E-state index in [0.717, 1.165) is 12.0 Å². The van der Waals surface area contributed by atoms with E-state index in [0.29, 0.717) is 5.56 Å². The lowest BCUT2D eigenvalue weighted by molar-refractivity contribution is -0.188. The molecule has 0 radical (unpaired) electrons. The highest BCUT2D eigenvalue weighted by atomic mass is 32.1. The Morgan fingerprint density at radius 1 is 1.27 bits per heavy atom. The number of benzene rings is 1. The number of hydrogen-bond acceptors (Lipinski definition) is 6. The molecule has 2 heterocycles. The molecular weight excluding hydrogens is 356 g/mol. The van der Waals surface area contributed by atoms with Crippen molar-refractivity contribution in [2.24, 2.45) is 5.92 Å². The third-order valence-electron chi connectivity index (χ3n) is 4.55. The zero-order chi connectivity index (χ0) is 18.9. The summed E-state index contributed by atoms with van der Waals surface area (Å²) in [5.74, 6) is -2.74. The number of Topliss-reactive ketones (excluding diaryl/α,β-unsaturated/α-hetero) is 1. The van der Waals surface area contributed by atoms with Crippen LogP contribution in [-0.2, 0) is 9.53 Å². The summed E-state index contributed by atoms with van der Waals surface area (Å²) < 4.78 is 10.0. The van der Waals surface area contributed by atoms with Crippen molar-refractivity contribution in [1.82, 2.24) is 10.2 Å². The van der Waals surface area contributed by atoms with Crippen LogP contribution < -0.4 is 5.32 Å². The first-order chi connectivity index (χ1) is 12.4. The number of carbonyl (C=O) groups is 2. The van der Waals surface area contributed by atoms with Gasteiger partial charge in [0.05, 0.1) is 19.4 Å². The molecule has 1 saturated heterocycles. The van der Waals surface area contributed by atoms with Crippen LogP contribution in [0.4, 0.5) is 0 Å². The Bertz CT molecular complexity index is 823. The van der Waals surface area contributed by atoms with Gasteiger partial charge in [-0.25, -0.2) is 4.79 Å². The molecule has 3 rings (SSSR count). The molecular formula is C18H18N2O5S. The van der Waals surface area contributed by atoms with Gasteiger partial charge in [-0.3, -0.25) is 4.79 Å². The fraction of sp³-hybridized carbons (Fsp3) is 0.278. The largest absolute Gasteiger partial charge is 0.465 e. The highest BCUT2D eigenvalue weighted by Crippen LogP contribution is 2.40. The molecule has 8 heteroatoms. The van der Waals surface area contributed by atoms with Crippen molar-refractivity contribution in [1.29, 1.82) is 0 Å². The molecule has 1 fully saturated rings.